The highest BCUT2D eigenvalue weighted by Crippen LogP contribution is 2.16. The van der Waals surface area contributed by atoms with Crippen LogP contribution >= 0.6 is 0 Å². The molecule has 1 amide bonds. The van der Waals surface area contributed by atoms with Crippen LogP contribution in [0, 0.1) is 0 Å². The summed E-state index contributed by atoms with van der Waals surface area (Å²) >= 11 is 0. The number of aromatic amines is 1. The number of amides is 1. The highest BCUT2D eigenvalue weighted by Gasteiger charge is 2.26. The first-order valence-corrected chi connectivity index (χ1v) is 8.82. The van der Waals surface area contributed by atoms with E-state index in [4.69, 9.17) is 0 Å². The summed E-state index contributed by atoms with van der Waals surface area (Å²) in [6.07, 6.45) is 8.37. The summed E-state index contributed by atoms with van der Waals surface area (Å²) < 4.78 is 2.00. The van der Waals surface area contributed by atoms with Gasteiger partial charge in [0.15, 0.2) is 0 Å². The zero-order valence-corrected chi connectivity index (χ0v) is 14.5. The Morgan fingerprint density at radius 2 is 2.04 bits per heavy atom. The lowest BCUT2D eigenvalue weighted by atomic mass is 10.1. The summed E-state index contributed by atoms with van der Waals surface area (Å²) in [5, 5.41) is 4.44. The molecular weight excluding hydrogens is 304 g/mol. The van der Waals surface area contributed by atoms with E-state index in [0.717, 1.165) is 56.1 Å². The molecule has 7 nitrogen and oxygen atoms in total. The summed E-state index contributed by atoms with van der Waals surface area (Å²) in [7, 11) is 0. The van der Waals surface area contributed by atoms with E-state index < -0.39 is 0 Å². The largest absolute Gasteiger partial charge is 0.339 e. The molecule has 1 N–H and O–H groups in total. The van der Waals surface area contributed by atoms with Crippen molar-refractivity contribution in [3.63, 3.8) is 0 Å². The Morgan fingerprint density at radius 3 is 2.67 bits per heavy atom. The van der Waals surface area contributed by atoms with Crippen LogP contribution in [0.4, 0.5) is 5.95 Å². The molecule has 24 heavy (non-hydrogen) atoms. The molecule has 0 unspecified atom stereocenters. The average Bonchev–Trinajstić information content (AvgIpc) is 3.29. The number of anilines is 1. The molecule has 0 radical (unpaired) electrons. The van der Waals surface area contributed by atoms with Crippen LogP contribution in [0.5, 0.6) is 0 Å². The summed E-state index contributed by atoms with van der Waals surface area (Å²) in [5.74, 6) is 0.984. The third-order valence-corrected chi connectivity index (χ3v) is 4.59. The van der Waals surface area contributed by atoms with E-state index in [9.17, 15) is 4.79 Å². The van der Waals surface area contributed by atoms with Crippen LogP contribution in [0.3, 0.4) is 0 Å². The molecule has 0 bridgehead atoms. The number of imidazole rings is 1. The van der Waals surface area contributed by atoms with Gasteiger partial charge in [0, 0.05) is 45.1 Å². The fourth-order valence-corrected chi connectivity index (χ4v) is 3.18. The van der Waals surface area contributed by atoms with E-state index in [1.807, 2.05) is 15.8 Å². The molecule has 3 heterocycles. The zero-order chi connectivity index (χ0) is 16.9. The summed E-state index contributed by atoms with van der Waals surface area (Å²) in [5.41, 5.74) is 1.82. The van der Waals surface area contributed by atoms with Crippen LogP contribution < -0.4 is 4.90 Å². The second kappa shape index (κ2) is 7.51. The normalized spacial score (nSPS) is 15.1. The maximum Gasteiger partial charge on any atom is 0.257 e. The van der Waals surface area contributed by atoms with Crippen molar-refractivity contribution in [1.29, 1.82) is 0 Å². The van der Waals surface area contributed by atoms with Gasteiger partial charge in [0.05, 0.1) is 17.5 Å². The minimum atomic E-state index is 0.105. The number of rotatable bonds is 6. The van der Waals surface area contributed by atoms with Gasteiger partial charge in [-0.1, -0.05) is 20.3 Å². The van der Waals surface area contributed by atoms with E-state index in [1.54, 1.807) is 12.4 Å². The Kier molecular flexibility index (Phi) is 5.17. The number of hydrogen-bond acceptors (Lipinski definition) is 4. The highest BCUT2D eigenvalue weighted by atomic mass is 16.2. The number of unbranched alkanes of at least 4 members (excludes halogenated alkanes) is 1. The molecule has 0 atom stereocenters. The van der Waals surface area contributed by atoms with Crippen molar-refractivity contribution < 1.29 is 4.79 Å². The van der Waals surface area contributed by atoms with Gasteiger partial charge in [-0.3, -0.25) is 9.48 Å². The molecular formula is C17H26N6O. The van der Waals surface area contributed by atoms with Crippen molar-refractivity contribution in [3.05, 3.63) is 29.8 Å². The number of aromatic nitrogens is 4. The van der Waals surface area contributed by atoms with Gasteiger partial charge in [-0.15, -0.1) is 0 Å². The predicted molar refractivity (Wildman–Crippen MR) is 93.2 cm³/mol. The molecule has 3 rings (SSSR count). The smallest absolute Gasteiger partial charge is 0.257 e. The van der Waals surface area contributed by atoms with Crippen molar-refractivity contribution >= 4 is 11.9 Å². The van der Waals surface area contributed by atoms with Gasteiger partial charge in [0.1, 0.15) is 0 Å². The molecule has 0 aromatic carbocycles. The van der Waals surface area contributed by atoms with Crippen LogP contribution in [0.15, 0.2) is 18.6 Å². The van der Waals surface area contributed by atoms with Crippen molar-refractivity contribution in [1.82, 2.24) is 24.6 Å². The van der Waals surface area contributed by atoms with E-state index in [2.05, 4.69) is 33.8 Å². The zero-order valence-electron chi connectivity index (χ0n) is 14.5. The van der Waals surface area contributed by atoms with Crippen LogP contribution in [0.2, 0.25) is 0 Å². The summed E-state index contributed by atoms with van der Waals surface area (Å²) in [6.45, 7) is 8.16. The first-order valence-electron chi connectivity index (χ1n) is 8.82. The third-order valence-electron chi connectivity index (χ3n) is 4.59. The molecule has 2 aromatic heterocycles. The highest BCUT2D eigenvalue weighted by molar-refractivity contribution is 5.95. The lowest BCUT2D eigenvalue weighted by molar-refractivity contribution is 0.0745. The molecule has 1 aliphatic heterocycles. The van der Waals surface area contributed by atoms with Crippen LogP contribution in [-0.2, 0) is 13.0 Å². The van der Waals surface area contributed by atoms with Crippen molar-refractivity contribution in [2.75, 3.05) is 31.1 Å². The van der Waals surface area contributed by atoms with Gasteiger partial charge >= 0.3 is 0 Å². The Labute approximate surface area is 142 Å². The fraction of sp³-hybridized carbons (Fsp3) is 0.588. The molecule has 130 valence electrons. The van der Waals surface area contributed by atoms with Gasteiger partial charge in [-0.05, 0) is 12.8 Å². The number of hydrogen-bond donors (Lipinski definition) is 1. The minimum absolute atomic E-state index is 0.105. The van der Waals surface area contributed by atoms with E-state index in [1.165, 1.54) is 0 Å². The van der Waals surface area contributed by atoms with E-state index in [-0.39, 0.29) is 5.91 Å². The summed E-state index contributed by atoms with van der Waals surface area (Å²) in [6, 6.07) is 0. The first-order chi connectivity index (χ1) is 11.7. The fourth-order valence-electron chi connectivity index (χ4n) is 3.18. The Balaban J connectivity index is 1.66. The van der Waals surface area contributed by atoms with E-state index >= 15 is 0 Å². The second-order valence-electron chi connectivity index (χ2n) is 6.13. The first kappa shape index (κ1) is 16.5. The molecule has 0 saturated carbocycles. The number of H-pyrrole nitrogens is 1. The number of piperazine rings is 1. The lowest BCUT2D eigenvalue weighted by Crippen LogP contribution is -2.49. The lowest BCUT2D eigenvalue weighted by Gasteiger charge is -2.34. The quantitative estimate of drug-likeness (QED) is 0.878. The van der Waals surface area contributed by atoms with E-state index in [0.29, 0.717) is 13.1 Å². The number of nitrogens with one attached hydrogen (secondary N) is 1. The molecule has 1 fully saturated rings. The van der Waals surface area contributed by atoms with Crippen molar-refractivity contribution in [3.8, 4) is 0 Å². The van der Waals surface area contributed by atoms with Gasteiger partial charge in [-0.2, -0.15) is 5.10 Å². The minimum Gasteiger partial charge on any atom is -0.339 e. The molecule has 1 aliphatic rings. The van der Waals surface area contributed by atoms with Crippen molar-refractivity contribution in [2.45, 2.75) is 39.7 Å². The summed E-state index contributed by atoms with van der Waals surface area (Å²) in [4.78, 5) is 24.4. The second-order valence-corrected chi connectivity index (χ2v) is 6.13. The van der Waals surface area contributed by atoms with Crippen LogP contribution in [0.1, 0.15) is 42.7 Å². The van der Waals surface area contributed by atoms with Gasteiger partial charge < -0.3 is 14.8 Å². The number of aryl methyl sites for hydroxylation is 1. The maximum atomic E-state index is 12.9. The standard InChI is InChI=1S/C17H26N6O/c1-3-5-8-23-15(4-2)14(13-20-23)16(24)21-9-11-22(12-10-21)17-18-6-7-19-17/h6-7,13H,3-5,8-12H2,1-2H3,(H,18,19). The van der Waals surface area contributed by atoms with Crippen LogP contribution in [0.25, 0.3) is 0 Å². The molecule has 0 spiro atoms. The number of nitrogens with zero attached hydrogens (tertiary/aromatic N) is 5. The Morgan fingerprint density at radius 1 is 1.25 bits per heavy atom. The number of carbonyl (C=O) groups excluding carboxylic acids is 1. The number of carbonyl (C=O) groups is 1. The van der Waals surface area contributed by atoms with Crippen LogP contribution in [-0.4, -0.2) is 56.7 Å². The predicted octanol–water partition coefficient (Wildman–Crippen LogP) is 1.93. The molecule has 7 heteroatoms. The SMILES string of the molecule is CCCCn1ncc(C(=O)N2CCN(c3ncc[nH]3)CC2)c1CC. The third kappa shape index (κ3) is 3.29. The maximum absolute atomic E-state index is 12.9. The topological polar surface area (TPSA) is 70.1 Å². The van der Waals surface area contributed by atoms with Gasteiger partial charge in [0.2, 0.25) is 5.95 Å². The van der Waals surface area contributed by atoms with Crippen molar-refractivity contribution in [2.24, 2.45) is 0 Å². The molecule has 0 aliphatic carbocycles. The monoisotopic (exact) mass is 330 g/mol. The van der Waals surface area contributed by atoms with Gasteiger partial charge in [-0.25, -0.2) is 4.98 Å². The average molecular weight is 330 g/mol. The Bertz CT molecular complexity index is 655. The Hall–Kier alpha value is -2.31. The van der Waals surface area contributed by atoms with Gasteiger partial charge in [0.25, 0.3) is 5.91 Å². The molecule has 2 aromatic rings. The molecule has 1 saturated heterocycles.